The number of rotatable bonds is 7. The molecule has 0 N–H and O–H groups in total. The molecule has 27 heavy (non-hydrogen) atoms. The summed E-state index contributed by atoms with van der Waals surface area (Å²) in [6.45, 7) is 9.47. The highest BCUT2D eigenvalue weighted by Crippen LogP contribution is 2.36. The maximum Gasteiger partial charge on any atom is 0.126 e. The van der Waals surface area contributed by atoms with Crippen LogP contribution in [0.2, 0.25) is 13.1 Å². The Kier molecular flexibility index (Phi) is 6.06. The molecule has 0 saturated heterocycles. The summed E-state index contributed by atoms with van der Waals surface area (Å²) in [6.07, 6.45) is 9.57. The summed E-state index contributed by atoms with van der Waals surface area (Å²) in [5.74, 6) is 1.07. The zero-order valence-electron chi connectivity index (χ0n) is 17.4. The molecule has 1 aliphatic carbocycles. The third-order valence-electron chi connectivity index (χ3n) is 5.78. The van der Waals surface area contributed by atoms with Crippen LogP contribution in [-0.2, 0) is 0 Å². The Balaban J connectivity index is 2.14. The van der Waals surface area contributed by atoms with Gasteiger partial charge in [-0.2, -0.15) is 0 Å². The molecular formula is C25H32OSi. The molecule has 0 saturated carbocycles. The quantitative estimate of drug-likeness (QED) is 0.496. The highest BCUT2D eigenvalue weighted by atomic mass is 28.3. The summed E-state index contributed by atoms with van der Waals surface area (Å²) < 4.78 is 6.04. The first-order chi connectivity index (χ1) is 13.0. The lowest BCUT2D eigenvalue weighted by molar-refractivity contribution is 0.419. The molecule has 0 radical (unpaired) electrons. The molecule has 2 aromatic carbocycles. The number of allylic oxidation sites excluding steroid dienone is 4. The Hall–Kier alpha value is -2.06. The SMILES string of the molecule is CCCCC1=C([Si](C)(C)c2cc(C)cc(-c3ccccc3)c2OC)CC=C1. The van der Waals surface area contributed by atoms with E-state index in [0.29, 0.717) is 0 Å². The Labute approximate surface area is 165 Å². The topological polar surface area (TPSA) is 9.23 Å². The predicted molar refractivity (Wildman–Crippen MR) is 121 cm³/mol. The molecule has 2 aromatic rings. The van der Waals surface area contributed by atoms with Crippen molar-refractivity contribution in [1.82, 2.24) is 0 Å². The maximum atomic E-state index is 6.04. The average Bonchev–Trinajstić information content (AvgIpc) is 3.16. The summed E-state index contributed by atoms with van der Waals surface area (Å²) in [6, 6.07) is 15.3. The molecular weight excluding hydrogens is 344 g/mol. The Morgan fingerprint density at radius 3 is 2.48 bits per heavy atom. The molecule has 0 bridgehead atoms. The van der Waals surface area contributed by atoms with Crippen LogP contribution < -0.4 is 9.92 Å². The number of hydrogen-bond acceptors (Lipinski definition) is 1. The van der Waals surface area contributed by atoms with Crippen molar-refractivity contribution >= 4 is 13.3 Å². The first-order valence-corrected chi connectivity index (χ1v) is 13.1. The zero-order chi connectivity index (χ0) is 19.4. The fourth-order valence-corrected chi connectivity index (χ4v) is 7.62. The largest absolute Gasteiger partial charge is 0.496 e. The second-order valence-corrected chi connectivity index (χ2v) is 12.5. The standard InChI is InChI=1S/C25H32OSi/c1-6-7-12-21-15-11-16-23(21)27(4,5)24-18-19(2)17-22(25(24)26-3)20-13-9-8-10-14-20/h8-11,13-15,17-18H,6-7,12,16H2,1-5H3. The maximum absolute atomic E-state index is 6.04. The summed E-state index contributed by atoms with van der Waals surface area (Å²) in [7, 11) is -0.00472. The fraction of sp³-hybridized carbons (Fsp3) is 0.360. The average molecular weight is 377 g/mol. The van der Waals surface area contributed by atoms with Gasteiger partial charge in [-0.05, 0) is 43.0 Å². The molecule has 0 amide bonds. The number of unbranched alkanes of at least 4 members (excludes halogenated alkanes) is 1. The first kappa shape index (κ1) is 19.7. The van der Waals surface area contributed by atoms with Gasteiger partial charge in [0, 0.05) is 5.56 Å². The minimum atomic E-state index is -1.83. The van der Waals surface area contributed by atoms with Crippen molar-refractivity contribution in [1.29, 1.82) is 0 Å². The monoisotopic (exact) mass is 376 g/mol. The normalized spacial score (nSPS) is 14.1. The van der Waals surface area contributed by atoms with Crippen LogP contribution in [0.1, 0.15) is 38.2 Å². The van der Waals surface area contributed by atoms with Crippen LogP contribution in [0.4, 0.5) is 0 Å². The minimum Gasteiger partial charge on any atom is -0.496 e. The number of benzene rings is 2. The molecule has 0 unspecified atom stereocenters. The number of ether oxygens (including phenoxy) is 1. The lowest BCUT2D eigenvalue weighted by Crippen LogP contribution is -2.45. The molecule has 0 fully saturated rings. The first-order valence-electron chi connectivity index (χ1n) is 10.1. The van der Waals surface area contributed by atoms with Crippen molar-refractivity contribution in [3.05, 3.63) is 70.9 Å². The highest BCUT2D eigenvalue weighted by Gasteiger charge is 2.34. The van der Waals surface area contributed by atoms with E-state index in [2.05, 4.69) is 81.6 Å². The third kappa shape index (κ3) is 3.96. The van der Waals surface area contributed by atoms with E-state index in [1.807, 2.05) is 7.11 Å². The van der Waals surface area contributed by atoms with Gasteiger partial charge in [-0.1, -0.05) is 91.3 Å². The summed E-state index contributed by atoms with van der Waals surface area (Å²) in [5, 5.41) is 3.11. The molecule has 3 rings (SSSR count). The van der Waals surface area contributed by atoms with Crippen molar-refractivity contribution < 1.29 is 4.74 Å². The van der Waals surface area contributed by atoms with Crippen molar-refractivity contribution in [2.45, 2.75) is 52.6 Å². The van der Waals surface area contributed by atoms with Gasteiger partial charge in [0.2, 0.25) is 0 Å². The van der Waals surface area contributed by atoms with Gasteiger partial charge < -0.3 is 4.74 Å². The second-order valence-electron chi connectivity index (χ2n) is 8.10. The zero-order valence-corrected chi connectivity index (χ0v) is 18.4. The van der Waals surface area contributed by atoms with Crippen LogP contribution in [0.5, 0.6) is 5.75 Å². The van der Waals surface area contributed by atoms with Gasteiger partial charge in [-0.15, -0.1) is 0 Å². The minimum absolute atomic E-state index is 1.07. The number of hydrogen-bond donors (Lipinski definition) is 0. The van der Waals surface area contributed by atoms with Crippen molar-refractivity contribution in [3.63, 3.8) is 0 Å². The van der Waals surface area contributed by atoms with Crippen LogP contribution in [0.3, 0.4) is 0 Å². The van der Waals surface area contributed by atoms with E-state index in [0.717, 1.165) is 12.2 Å². The van der Waals surface area contributed by atoms with Gasteiger partial charge in [0.15, 0.2) is 0 Å². The molecule has 0 aliphatic heterocycles. The highest BCUT2D eigenvalue weighted by molar-refractivity contribution is 6.96. The van der Waals surface area contributed by atoms with Crippen molar-refractivity contribution in [3.8, 4) is 16.9 Å². The summed E-state index contributed by atoms with van der Waals surface area (Å²) in [4.78, 5) is 0. The third-order valence-corrected chi connectivity index (χ3v) is 9.53. The van der Waals surface area contributed by atoms with Crippen molar-refractivity contribution in [2.75, 3.05) is 7.11 Å². The van der Waals surface area contributed by atoms with Gasteiger partial charge in [0.25, 0.3) is 0 Å². The Morgan fingerprint density at radius 1 is 1.07 bits per heavy atom. The molecule has 1 aliphatic rings. The van der Waals surface area contributed by atoms with E-state index < -0.39 is 8.07 Å². The van der Waals surface area contributed by atoms with E-state index in [4.69, 9.17) is 4.74 Å². The molecule has 1 nitrogen and oxygen atoms in total. The van der Waals surface area contributed by atoms with Gasteiger partial charge in [0.1, 0.15) is 13.8 Å². The lowest BCUT2D eigenvalue weighted by atomic mass is 10.0. The Bertz CT molecular complexity index is 859. The van der Waals surface area contributed by atoms with Crippen molar-refractivity contribution in [2.24, 2.45) is 0 Å². The van der Waals surface area contributed by atoms with E-state index in [-0.39, 0.29) is 0 Å². The van der Waals surface area contributed by atoms with E-state index >= 15 is 0 Å². The molecule has 2 heteroatoms. The lowest BCUT2D eigenvalue weighted by Gasteiger charge is -2.30. The smallest absolute Gasteiger partial charge is 0.126 e. The Morgan fingerprint density at radius 2 is 1.81 bits per heavy atom. The van der Waals surface area contributed by atoms with Gasteiger partial charge in [-0.3, -0.25) is 0 Å². The van der Waals surface area contributed by atoms with E-state index in [1.54, 1.807) is 10.8 Å². The van der Waals surface area contributed by atoms with Crippen LogP contribution in [0, 0.1) is 6.92 Å². The van der Waals surface area contributed by atoms with E-state index in [9.17, 15) is 0 Å². The summed E-state index contributed by atoms with van der Waals surface area (Å²) in [5.41, 5.74) is 5.34. The molecule has 0 aromatic heterocycles. The van der Waals surface area contributed by atoms with Crippen LogP contribution in [0.15, 0.2) is 65.4 Å². The van der Waals surface area contributed by atoms with Crippen LogP contribution in [-0.4, -0.2) is 15.2 Å². The molecule has 142 valence electrons. The molecule has 0 atom stereocenters. The fourth-order valence-electron chi connectivity index (χ4n) is 4.26. The number of methoxy groups -OCH3 is 1. The van der Waals surface area contributed by atoms with Crippen LogP contribution in [0.25, 0.3) is 11.1 Å². The number of aryl methyl sites for hydroxylation is 1. The van der Waals surface area contributed by atoms with Crippen LogP contribution >= 0.6 is 0 Å². The van der Waals surface area contributed by atoms with Gasteiger partial charge >= 0.3 is 0 Å². The van der Waals surface area contributed by atoms with Gasteiger partial charge in [-0.25, -0.2) is 0 Å². The summed E-state index contributed by atoms with van der Waals surface area (Å²) >= 11 is 0. The second kappa shape index (κ2) is 8.31. The molecule has 0 heterocycles. The van der Waals surface area contributed by atoms with Gasteiger partial charge in [0.05, 0.1) is 7.11 Å². The predicted octanol–water partition coefficient (Wildman–Crippen LogP) is 6.57. The molecule has 0 spiro atoms. The van der Waals surface area contributed by atoms with E-state index in [1.165, 1.54) is 41.1 Å².